The Morgan fingerprint density at radius 2 is 2.15 bits per heavy atom. The van der Waals surface area contributed by atoms with Gasteiger partial charge in [-0.15, -0.1) is 22.7 Å². The summed E-state index contributed by atoms with van der Waals surface area (Å²) < 4.78 is 6.17. The van der Waals surface area contributed by atoms with E-state index in [-0.39, 0.29) is 11.7 Å². The van der Waals surface area contributed by atoms with Crippen LogP contribution in [0.4, 0.5) is 5.00 Å². The van der Waals surface area contributed by atoms with Gasteiger partial charge < -0.3 is 9.84 Å². The first-order valence-electron chi connectivity index (χ1n) is 8.91. The lowest BCUT2D eigenvalue weighted by Gasteiger charge is -2.18. The fourth-order valence-corrected chi connectivity index (χ4v) is 6.06. The van der Waals surface area contributed by atoms with Gasteiger partial charge in [0.15, 0.2) is 0 Å². The van der Waals surface area contributed by atoms with Gasteiger partial charge in [-0.3, -0.25) is 4.79 Å². The summed E-state index contributed by atoms with van der Waals surface area (Å²) in [5, 5.41) is 8.49. The van der Waals surface area contributed by atoms with E-state index in [0.717, 1.165) is 45.1 Å². The molecule has 4 aromatic rings. The molecule has 0 fully saturated rings. The smallest absolute Gasteiger partial charge is 0.294 e. The second kappa shape index (κ2) is 6.58. The van der Waals surface area contributed by atoms with Crippen molar-refractivity contribution in [1.82, 2.24) is 10.1 Å². The summed E-state index contributed by atoms with van der Waals surface area (Å²) in [6, 6.07) is 9.72. The molecular weight excluding hydrogens is 378 g/mol. The van der Waals surface area contributed by atoms with Gasteiger partial charge in [-0.2, -0.15) is 0 Å². The minimum Gasteiger partial charge on any atom is -0.351 e. The summed E-state index contributed by atoms with van der Waals surface area (Å²) in [4.78, 5) is 18.8. The lowest BCUT2D eigenvalue weighted by atomic mass is 9.88. The molecule has 136 valence electrons. The van der Waals surface area contributed by atoms with Crippen molar-refractivity contribution in [3.63, 3.8) is 0 Å². The van der Waals surface area contributed by atoms with Crippen LogP contribution in [-0.2, 0) is 12.8 Å². The lowest BCUT2D eigenvalue weighted by molar-refractivity contribution is 0.0988. The predicted octanol–water partition coefficient (Wildman–Crippen LogP) is 5.39. The van der Waals surface area contributed by atoms with Gasteiger partial charge in [-0.25, -0.2) is 4.98 Å². The van der Waals surface area contributed by atoms with E-state index in [1.165, 1.54) is 16.6 Å². The summed E-state index contributed by atoms with van der Waals surface area (Å²) in [5.74, 6) is 0.601. The molecule has 0 saturated carbocycles. The second-order valence-electron chi connectivity index (χ2n) is 6.87. The number of para-hydroxylation sites is 1. The van der Waals surface area contributed by atoms with Crippen molar-refractivity contribution < 1.29 is 9.32 Å². The zero-order valence-electron chi connectivity index (χ0n) is 14.7. The number of nitrogens with one attached hydrogen (secondary N) is 1. The molecule has 1 N–H and O–H groups in total. The Hall–Kier alpha value is -2.51. The maximum Gasteiger partial charge on any atom is 0.294 e. The van der Waals surface area contributed by atoms with Crippen molar-refractivity contribution in [2.24, 2.45) is 5.92 Å². The zero-order valence-corrected chi connectivity index (χ0v) is 16.3. The number of rotatable bonds is 3. The van der Waals surface area contributed by atoms with Crippen LogP contribution >= 0.6 is 22.7 Å². The minimum absolute atomic E-state index is 0.213. The Morgan fingerprint density at radius 1 is 1.26 bits per heavy atom. The van der Waals surface area contributed by atoms with Gasteiger partial charge in [0, 0.05) is 16.5 Å². The average molecular weight is 396 g/mol. The molecule has 1 amide bonds. The molecule has 1 aliphatic carbocycles. The second-order valence-corrected chi connectivity index (χ2v) is 9.01. The first-order valence-corrected chi connectivity index (χ1v) is 10.5. The van der Waals surface area contributed by atoms with Crippen molar-refractivity contribution in [3.8, 4) is 10.6 Å². The minimum atomic E-state index is -0.276. The van der Waals surface area contributed by atoms with E-state index in [0.29, 0.717) is 5.92 Å². The Kier molecular flexibility index (Phi) is 4.06. The molecule has 0 spiro atoms. The van der Waals surface area contributed by atoms with Crippen LogP contribution < -0.4 is 5.32 Å². The maximum atomic E-state index is 12.6. The number of amides is 1. The number of hydrogen-bond acceptors (Lipinski definition) is 6. The first kappa shape index (κ1) is 16.6. The summed E-state index contributed by atoms with van der Waals surface area (Å²) in [6.45, 7) is 2.28. The molecule has 0 bridgehead atoms. The fraction of sp³-hybridized carbons (Fsp3) is 0.250. The van der Waals surface area contributed by atoms with Crippen LogP contribution in [0.5, 0.6) is 0 Å². The highest BCUT2D eigenvalue weighted by Crippen LogP contribution is 2.47. The number of hydrogen-bond donors (Lipinski definition) is 1. The van der Waals surface area contributed by atoms with Crippen LogP contribution in [0.2, 0.25) is 0 Å². The number of thiophene rings is 1. The molecule has 7 heteroatoms. The van der Waals surface area contributed by atoms with E-state index in [9.17, 15) is 4.79 Å². The number of thiazole rings is 1. The van der Waals surface area contributed by atoms with Crippen LogP contribution in [0.15, 0.2) is 41.1 Å². The number of anilines is 1. The Balaban J connectivity index is 1.62. The van der Waals surface area contributed by atoms with E-state index in [1.54, 1.807) is 28.7 Å². The van der Waals surface area contributed by atoms with Crippen LogP contribution in [-0.4, -0.2) is 16.0 Å². The molecule has 0 unspecified atom stereocenters. The van der Waals surface area contributed by atoms with E-state index >= 15 is 0 Å². The SMILES string of the molecule is C[C@@H]1CCc2c(sc(NC(=O)c3ccno3)c2-c2nc3ccccc3s2)C1. The van der Waals surface area contributed by atoms with Gasteiger partial charge in [0.05, 0.1) is 16.4 Å². The van der Waals surface area contributed by atoms with E-state index in [1.807, 2.05) is 18.2 Å². The summed E-state index contributed by atoms with van der Waals surface area (Å²) >= 11 is 3.34. The molecule has 27 heavy (non-hydrogen) atoms. The number of carbonyl (C=O) groups excluding carboxylic acids is 1. The Labute approximate surface area is 164 Å². The molecule has 0 aliphatic heterocycles. The standard InChI is InChI=1S/C20H17N3O2S2/c1-11-6-7-12-16(10-11)27-20(23-18(24)14-8-9-21-25-14)17(12)19-22-13-4-2-3-5-15(13)26-19/h2-5,8-9,11H,6-7,10H2,1H3,(H,23,24)/t11-/m1/s1. The van der Waals surface area contributed by atoms with Crippen LogP contribution in [0.3, 0.4) is 0 Å². The number of fused-ring (bicyclic) bond motifs is 2. The number of nitrogens with zero attached hydrogens (tertiary/aromatic N) is 2. The van der Waals surface area contributed by atoms with Crippen molar-refractivity contribution in [2.45, 2.75) is 26.2 Å². The number of aromatic nitrogens is 2. The van der Waals surface area contributed by atoms with Gasteiger partial charge >= 0.3 is 0 Å². The third-order valence-electron chi connectivity index (χ3n) is 4.91. The topological polar surface area (TPSA) is 68.0 Å². The Bertz CT molecular complexity index is 1090. The highest BCUT2D eigenvalue weighted by atomic mass is 32.1. The van der Waals surface area contributed by atoms with Gasteiger partial charge in [0.2, 0.25) is 5.76 Å². The molecule has 0 radical (unpaired) electrons. The molecule has 5 nitrogen and oxygen atoms in total. The number of carbonyl (C=O) groups is 1. The largest absolute Gasteiger partial charge is 0.351 e. The molecule has 1 aliphatic rings. The summed E-state index contributed by atoms with van der Waals surface area (Å²) in [5.41, 5.74) is 3.41. The average Bonchev–Trinajstić information content (AvgIpc) is 3.38. The fourth-order valence-electron chi connectivity index (χ4n) is 3.54. The highest BCUT2D eigenvalue weighted by molar-refractivity contribution is 7.22. The van der Waals surface area contributed by atoms with Crippen molar-refractivity contribution in [2.75, 3.05) is 5.32 Å². The molecule has 5 rings (SSSR count). The zero-order chi connectivity index (χ0) is 18.4. The third-order valence-corrected chi connectivity index (χ3v) is 7.13. The van der Waals surface area contributed by atoms with Gasteiger partial charge in [0.25, 0.3) is 5.91 Å². The first-order chi connectivity index (χ1) is 13.2. The summed E-state index contributed by atoms with van der Waals surface area (Å²) in [6.07, 6.45) is 4.72. The monoisotopic (exact) mass is 395 g/mol. The Morgan fingerprint density at radius 3 is 2.96 bits per heavy atom. The molecule has 1 atom stereocenters. The van der Waals surface area contributed by atoms with Crippen molar-refractivity contribution in [3.05, 3.63) is 52.7 Å². The van der Waals surface area contributed by atoms with E-state index in [4.69, 9.17) is 9.51 Å². The van der Waals surface area contributed by atoms with Gasteiger partial charge in [0.1, 0.15) is 10.0 Å². The lowest BCUT2D eigenvalue weighted by Crippen LogP contribution is -2.11. The van der Waals surface area contributed by atoms with Gasteiger partial charge in [-0.1, -0.05) is 24.2 Å². The normalized spacial score (nSPS) is 16.4. The van der Waals surface area contributed by atoms with Crippen LogP contribution in [0.25, 0.3) is 20.8 Å². The maximum absolute atomic E-state index is 12.6. The summed E-state index contributed by atoms with van der Waals surface area (Å²) in [7, 11) is 0. The molecule has 3 heterocycles. The number of benzene rings is 1. The molecule has 1 aromatic carbocycles. The highest BCUT2D eigenvalue weighted by Gasteiger charge is 2.27. The van der Waals surface area contributed by atoms with Gasteiger partial charge in [-0.05, 0) is 42.9 Å². The molecular formula is C20H17N3O2S2. The quantitative estimate of drug-likeness (QED) is 0.505. The van der Waals surface area contributed by atoms with Crippen molar-refractivity contribution in [1.29, 1.82) is 0 Å². The van der Waals surface area contributed by atoms with Crippen molar-refractivity contribution >= 4 is 43.8 Å². The predicted molar refractivity (Wildman–Crippen MR) is 109 cm³/mol. The van der Waals surface area contributed by atoms with E-state index < -0.39 is 0 Å². The van der Waals surface area contributed by atoms with E-state index in [2.05, 4.69) is 23.5 Å². The molecule has 3 aromatic heterocycles. The van der Waals surface area contributed by atoms with Crippen LogP contribution in [0.1, 0.15) is 34.3 Å². The van der Waals surface area contributed by atoms with Crippen LogP contribution in [0, 0.1) is 5.92 Å². The third kappa shape index (κ3) is 2.96. The molecule has 0 saturated heterocycles.